The lowest BCUT2D eigenvalue weighted by Crippen LogP contribution is -2.31. The van der Waals surface area contributed by atoms with Crippen molar-refractivity contribution in [2.24, 2.45) is 17.8 Å². The SMILES string of the molecule is O=C(O)[C@H]1CN(C(=O)Cc2cccs2)C[C@@H]1C1CC1. The Labute approximate surface area is 116 Å². The summed E-state index contributed by atoms with van der Waals surface area (Å²) < 4.78 is 0. The molecule has 2 atom stereocenters. The molecule has 1 N–H and O–H groups in total. The van der Waals surface area contributed by atoms with Gasteiger partial charge in [0.2, 0.25) is 5.91 Å². The summed E-state index contributed by atoms with van der Waals surface area (Å²) in [4.78, 5) is 26.3. The molecule has 1 aromatic rings. The number of carboxylic acids is 1. The van der Waals surface area contributed by atoms with Crippen molar-refractivity contribution in [3.05, 3.63) is 22.4 Å². The predicted molar refractivity (Wildman–Crippen MR) is 71.9 cm³/mol. The maximum Gasteiger partial charge on any atom is 0.308 e. The Morgan fingerprint density at radius 3 is 2.74 bits per heavy atom. The molecule has 0 unspecified atom stereocenters. The van der Waals surface area contributed by atoms with Crippen LogP contribution in [-0.4, -0.2) is 35.0 Å². The van der Waals surface area contributed by atoms with Gasteiger partial charge in [-0.2, -0.15) is 0 Å². The number of carbonyl (C=O) groups excluding carboxylic acids is 1. The van der Waals surface area contributed by atoms with Crippen LogP contribution in [0.15, 0.2) is 17.5 Å². The van der Waals surface area contributed by atoms with Gasteiger partial charge in [0, 0.05) is 18.0 Å². The minimum atomic E-state index is -0.747. The highest BCUT2D eigenvalue weighted by atomic mass is 32.1. The van der Waals surface area contributed by atoms with Gasteiger partial charge in [0.25, 0.3) is 0 Å². The van der Waals surface area contributed by atoms with Crippen molar-refractivity contribution in [2.75, 3.05) is 13.1 Å². The molecule has 1 saturated carbocycles. The summed E-state index contributed by atoms with van der Waals surface area (Å²) in [7, 11) is 0. The first-order valence-electron chi connectivity index (χ1n) is 6.68. The van der Waals surface area contributed by atoms with Gasteiger partial charge in [0.1, 0.15) is 0 Å². The smallest absolute Gasteiger partial charge is 0.308 e. The lowest BCUT2D eigenvalue weighted by Gasteiger charge is -2.15. The fourth-order valence-electron chi connectivity index (χ4n) is 2.97. The number of carbonyl (C=O) groups is 2. The first-order valence-corrected chi connectivity index (χ1v) is 7.56. The van der Waals surface area contributed by atoms with Crippen LogP contribution < -0.4 is 0 Å². The van der Waals surface area contributed by atoms with Crippen molar-refractivity contribution >= 4 is 23.2 Å². The summed E-state index contributed by atoms with van der Waals surface area (Å²) in [6, 6.07) is 3.88. The van der Waals surface area contributed by atoms with E-state index >= 15 is 0 Å². The van der Waals surface area contributed by atoms with Crippen LogP contribution in [0, 0.1) is 17.8 Å². The number of rotatable bonds is 4. The average Bonchev–Trinajstić information content (AvgIpc) is 2.92. The number of carboxylic acid groups (broad SMARTS) is 1. The third-order valence-electron chi connectivity index (χ3n) is 4.17. The summed E-state index contributed by atoms with van der Waals surface area (Å²) >= 11 is 1.57. The van der Waals surface area contributed by atoms with Gasteiger partial charge in [-0.05, 0) is 36.1 Å². The van der Waals surface area contributed by atoms with Gasteiger partial charge in [-0.1, -0.05) is 6.07 Å². The Morgan fingerprint density at radius 2 is 2.16 bits per heavy atom. The molecule has 1 aliphatic heterocycles. The number of amides is 1. The molecular formula is C14H17NO3S. The van der Waals surface area contributed by atoms with Gasteiger partial charge in [-0.3, -0.25) is 9.59 Å². The Balaban J connectivity index is 1.65. The monoisotopic (exact) mass is 279 g/mol. The molecule has 102 valence electrons. The zero-order valence-corrected chi connectivity index (χ0v) is 11.4. The average molecular weight is 279 g/mol. The van der Waals surface area contributed by atoms with Gasteiger partial charge >= 0.3 is 5.97 Å². The van der Waals surface area contributed by atoms with Crippen molar-refractivity contribution in [1.29, 1.82) is 0 Å². The largest absolute Gasteiger partial charge is 0.481 e. The normalized spacial score (nSPS) is 26.6. The number of likely N-dealkylation sites (tertiary alicyclic amines) is 1. The Kier molecular flexibility index (Phi) is 3.31. The molecule has 19 heavy (non-hydrogen) atoms. The summed E-state index contributed by atoms with van der Waals surface area (Å²) in [5.41, 5.74) is 0. The van der Waals surface area contributed by atoms with Crippen molar-refractivity contribution in [2.45, 2.75) is 19.3 Å². The summed E-state index contributed by atoms with van der Waals surface area (Å²) in [5, 5.41) is 11.2. The van der Waals surface area contributed by atoms with Gasteiger partial charge < -0.3 is 10.0 Å². The van der Waals surface area contributed by atoms with Crippen LogP contribution in [0.1, 0.15) is 17.7 Å². The first-order chi connectivity index (χ1) is 9.15. The lowest BCUT2D eigenvalue weighted by molar-refractivity contribution is -0.142. The molecule has 1 aliphatic carbocycles. The predicted octanol–water partition coefficient (Wildman–Crippen LogP) is 1.86. The molecule has 5 heteroatoms. The van der Waals surface area contributed by atoms with E-state index in [0.717, 1.165) is 17.7 Å². The van der Waals surface area contributed by atoms with E-state index in [1.807, 2.05) is 17.5 Å². The van der Waals surface area contributed by atoms with Crippen molar-refractivity contribution in [3.63, 3.8) is 0 Å². The fourth-order valence-corrected chi connectivity index (χ4v) is 3.67. The highest BCUT2D eigenvalue weighted by Crippen LogP contribution is 2.44. The molecule has 2 aliphatic rings. The van der Waals surface area contributed by atoms with Crippen molar-refractivity contribution in [1.82, 2.24) is 4.90 Å². The maximum absolute atomic E-state index is 12.2. The second-order valence-electron chi connectivity index (χ2n) is 5.50. The first kappa shape index (κ1) is 12.7. The molecule has 2 heterocycles. The second-order valence-corrected chi connectivity index (χ2v) is 6.53. The highest BCUT2D eigenvalue weighted by Gasteiger charge is 2.46. The number of hydrogen-bond acceptors (Lipinski definition) is 3. The molecule has 1 saturated heterocycles. The zero-order valence-electron chi connectivity index (χ0n) is 10.6. The molecule has 1 amide bonds. The van der Waals surface area contributed by atoms with Gasteiger partial charge in [0.15, 0.2) is 0 Å². The summed E-state index contributed by atoms with van der Waals surface area (Å²) in [5.74, 6) is -0.342. The van der Waals surface area contributed by atoms with E-state index in [0.29, 0.717) is 25.4 Å². The topological polar surface area (TPSA) is 57.6 Å². The van der Waals surface area contributed by atoms with Crippen molar-refractivity contribution < 1.29 is 14.7 Å². The molecule has 0 radical (unpaired) electrons. The maximum atomic E-state index is 12.2. The van der Waals surface area contributed by atoms with E-state index in [1.54, 1.807) is 16.2 Å². The Bertz CT molecular complexity index is 481. The summed E-state index contributed by atoms with van der Waals surface area (Å²) in [6.07, 6.45) is 2.66. The number of aliphatic carboxylic acids is 1. The minimum Gasteiger partial charge on any atom is -0.481 e. The van der Waals surface area contributed by atoms with Crippen LogP contribution >= 0.6 is 11.3 Å². The van der Waals surface area contributed by atoms with Gasteiger partial charge in [0.05, 0.1) is 12.3 Å². The lowest BCUT2D eigenvalue weighted by atomic mass is 9.92. The van der Waals surface area contributed by atoms with E-state index in [2.05, 4.69) is 0 Å². The Morgan fingerprint density at radius 1 is 1.37 bits per heavy atom. The molecule has 3 rings (SSSR count). The molecule has 0 aromatic carbocycles. The molecule has 4 nitrogen and oxygen atoms in total. The number of thiophene rings is 1. The van der Waals surface area contributed by atoms with Crippen LogP contribution in [0.3, 0.4) is 0 Å². The van der Waals surface area contributed by atoms with Crippen LogP contribution in [-0.2, 0) is 16.0 Å². The van der Waals surface area contributed by atoms with Crippen molar-refractivity contribution in [3.8, 4) is 0 Å². The molecule has 0 bridgehead atoms. The van der Waals surface area contributed by atoms with Crippen LogP contribution in [0.2, 0.25) is 0 Å². The standard InChI is InChI=1S/C14H17NO3S/c16-13(6-10-2-1-5-19-10)15-7-11(9-3-4-9)12(8-15)14(17)18/h1-2,5,9,11-12H,3-4,6-8H2,(H,17,18)/t11-,12+/m1/s1. The van der Waals surface area contributed by atoms with Gasteiger partial charge in [-0.25, -0.2) is 0 Å². The minimum absolute atomic E-state index is 0.0665. The fraction of sp³-hybridized carbons (Fsp3) is 0.571. The summed E-state index contributed by atoms with van der Waals surface area (Å²) in [6.45, 7) is 1.02. The quantitative estimate of drug-likeness (QED) is 0.915. The van der Waals surface area contributed by atoms with E-state index in [4.69, 9.17) is 0 Å². The van der Waals surface area contributed by atoms with E-state index in [9.17, 15) is 14.7 Å². The van der Waals surface area contributed by atoms with E-state index in [-0.39, 0.29) is 17.7 Å². The van der Waals surface area contributed by atoms with Gasteiger partial charge in [-0.15, -0.1) is 11.3 Å². The van der Waals surface area contributed by atoms with E-state index in [1.165, 1.54) is 0 Å². The molecule has 1 aromatic heterocycles. The van der Waals surface area contributed by atoms with E-state index < -0.39 is 5.97 Å². The third-order valence-corrected chi connectivity index (χ3v) is 5.04. The third kappa shape index (κ3) is 2.66. The molecule has 2 fully saturated rings. The Hall–Kier alpha value is -1.36. The second kappa shape index (κ2) is 4.96. The zero-order chi connectivity index (χ0) is 13.4. The molecular weight excluding hydrogens is 262 g/mol. The van der Waals surface area contributed by atoms with Crippen LogP contribution in [0.25, 0.3) is 0 Å². The number of hydrogen-bond donors (Lipinski definition) is 1. The molecule has 0 spiro atoms. The number of nitrogens with zero attached hydrogens (tertiary/aromatic N) is 1. The van der Waals surface area contributed by atoms with Crippen LogP contribution in [0.5, 0.6) is 0 Å². The van der Waals surface area contributed by atoms with Crippen LogP contribution in [0.4, 0.5) is 0 Å². The highest BCUT2D eigenvalue weighted by molar-refractivity contribution is 7.10.